The molecule has 0 saturated heterocycles. The number of hydrogen-bond acceptors (Lipinski definition) is 4. The minimum absolute atomic E-state index is 0.178. The smallest absolute Gasteiger partial charge is 0.242 e. The zero-order chi connectivity index (χ0) is 14.4. The first-order valence-corrected chi connectivity index (χ1v) is 8.30. The molecule has 6 heteroatoms. The van der Waals surface area contributed by atoms with Gasteiger partial charge in [0.05, 0.1) is 11.4 Å². The van der Waals surface area contributed by atoms with Crippen molar-refractivity contribution in [2.24, 2.45) is 5.73 Å². The van der Waals surface area contributed by atoms with E-state index >= 15 is 0 Å². The van der Waals surface area contributed by atoms with E-state index in [1.807, 2.05) is 17.5 Å². The van der Waals surface area contributed by atoms with Crippen molar-refractivity contribution in [1.29, 1.82) is 0 Å². The summed E-state index contributed by atoms with van der Waals surface area (Å²) in [6.45, 7) is 0.468. The minimum atomic E-state index is -3.58. The van der Waals surface area contributed by atoms with Crippen LogP contribution in [0.15, 0.2) is 46.7 Å². The fraction of sp³-hybridized carbons (Fsp3) is 0.143. The Balaban J connectivity index is 2.25. The monoisotopic (exact) mass is 306 g/mol. The lowest BCUT2D eigenvalue weighted by molar-refractivity contribution is 0.581. The van der Waals surface area contributed by atoms with Crippen LogP contribution in [0.3, 0.4) is 0 Å². The van der Waals surface area contributed by atoms with Gasteiger partial charge in [-0.3, -0.25) is 0 Å². The first kappa shape index (κ1) is 14.8. The Morgan fingerprint density at radius 3 is 2.70 bits per heavy atom. The number of nitrogens with one attached hydrogen (secondary N) is 1. The minimum Gasteiger partial charge on any atom is -0.320 e. The predicted octanol–water partition coefficient (Wildman–Crippen LogP) is 1.54. The van der Waals surface area contributed by atoms with E-state index in [9.17, 15) is 8.42 Å². The molecule has 0 amide bonds. The summed E-state index contributed by atoms with van der Waals surface area (Å²) in [5.74, 6) is 5.45. The maximum atomic E-state index is 12.3. The van der Waals surface area contributed by atoms with Gasteiger partial charge in [0, 0.05) is 17.0 Å². The van der Waals surface area contributed by atoms with Crippen LogP contribution in [0.5, 0.6) is 0 Å². The lowest BCUT2D eigenvalue weighted by atomic mass is 10.2. The van der Waals surface area contributed by atoms with Gasteiger partial charge in [0.2, 0.25) is 10.0 Å². The van der Waals surface area contributed by atoms with Crippen LogP contribution in [0, 0.1) is 11.8 Å². The van der Waals surface area contributed by atoms with E-state index in [1.165, 1.54) is 17.4 Å². The molecule has 0 fully saturated rings. The molecule has 2 aromatic rings. The molecule has 0 radical (unpaired) electrons. The number of nitrogens with two attached hydrogens (primary N) is 1. The van der Waals surface area contributed by atoms with E-state index in [-0.39, 0.29) is 18.0 Å². The summed E-state index contributed by atoms with van der Waals surface area (Å²) >= 11 is 1.51. The topological polar surface area (TPSA) is 72.2 Å². The fourth-order valence-corrected chi connectivity index (χ4v) is 3.51. The summed E-state index contributed by atoms with van der Waals surface area (Å²) in [4.78, 5) is 1.14. The first-order chi connectivity index (χ1) is 9.63. The van der Waals surface area contributed by atoms with Crippen LogP contribution in [-0.4, -0.2) is 15.0 Å². The Labute approximate surface area is 122 Å². The number of thiophene rings is 1. The van der Waals surface area contributed by atoms with Gasteiger partial charge in [-0.25, -0.2) is 13.1 Å². The second kappa shape index (κ2) is 6.68. The van der Waals surface area contributed by atoms with Crippen LogP contribution in [0.4, 0.5) is 0 Å². The van der Waals surface area contributed by atoms with Crippen molar-refractivity contribution in [3.8, 4) is 11.8 Å². The molecule has 1 heterocycles. The quantitative estimate of drug-likeness (QED) is 0.842. The molecule has 3 N–H and O–H groups in total. The average Bonchev–Trinajstić information content (AvgIpc) is 2.97. The van der Waals surface area contributed by atoms with Crippen molar-refractivity contribution in [3.05, 3.63) is 52.2 Å². The molecule has 0 spiro atoms. The Kier molecular flexibility index (Phi) is 4.93. The highest BCUT2D eigenvalue weighted by Gasteiger charge is 2.17. The molecular formula is C14H14N2O2S2. The van der Waals surface area contributed by atoms with Crippen LogP contribution < -0.4 is 10.5 Å². The van der Waals surface area contributed by atoms with Crippen molar-refractivity contribution >= 4 is 21.4 Å². The summed E-state index contributed by atoms with van der Waals surface area (Å²) < 4.78 is 27.2. The zero-order valence-electron chi connectivity index (χ0n) is 10.7. The van der Waals surface area contributed by atoms with Crippen molar-refractivity contribution in [2.75, 3.05) is 6.54 Å². The van der Waals surface area contributed by atoms with Gasteiger partial charge < -0.3 is 5.73 Å². The number of benzene rings is 1. The van der Waals surface area contributed by atoms with E-state index in [0.717, 1.165) is 4.88 Å². The Hall–Kier alpha value is -1.65. The molecule has 20 heavy (non-hydrogen) atoms. The highest BCUT2D eigenvalue weighted by atomic mass is 32.2. The SMILES string of the molecule is NCC#Cc1ccccc1S(=O)(=O)NCc1cccs1. The molecule has 0 saturated carbocycles. The van der Waals surface area contributed by atoms with E-state index in [4.69, 9.17) is 5.73 Å². The van der Waals surface area contributed by atoms with Gasteiger partial charge in [-0.2, -0.15) is 0 Å². The van der Waals surface area contributed by atoms with E-state index in [0.29, 0.717) is 5.56 Å². The second-order valence-corrected chi connectivity index (χ2v) is 6.67. The molecule has 104 valence electrons. The van der Waals surface area contributed by atoms with Gasteiger partial charge in [0.15, 0.2) is 0 Å². The molecule has 1 aromatic carbocycles. The zero-order valence-corrected chi connectivity index (χ0v) is 12.3. The van der Waals surface area contributed by atoms with E-state index < -0.39 is 10.0 Å². The van der Waals surface area contributed by atoms with Crippen LogP contribution in [0.25, 0.3) is 0 Å². The molecular weight excluding hydrogens is 292 g/mol. The molecule has 0 aliphatic heterocycles. The third kappa shape index (κ3) is 3.68. The van der Waals surface area contributed by atoms with Crippen LogP contribution in [0.2, 0.25) is 0 Å². The van der Waals surface area contributed by atoms with Gasteiger partial charge in [0.25, 0.3) is 0 Å². The normalized spacial score (nSPS) is 10.8. The summed E-state index contributed by atoms with van der Waals surface area (Å²) in [6, 6.07) is 10.4. The molecule has 0 aliphatic carbocycles. The molecule has 4 nitrogen and oxygen atoms in total. The van der Waals surface area contributed by atoms with Crippen LogP contribution in [0.1, 0.15) is 10.4 Å². The van der Waals surface area contributed by atoms with Crippen LogP contribution >= 0.6 is 11.3 Å². The lowest BCUT2D eigenvalue weighted by Gasteiger charge is -2.07. The molecule has 0 aliphatic rings. The number of sulfonamides is 1. The Bertz CT molecular complexity index is 726. The standard InChI is InChI=1S/C14H14N2O2S2/c15-9-3-6-12-5-1-2-8-14(12)20(17,18)16-11-13-7-4-10-19-13/h1-2,4-5,7-8,10,16H,9,11,15H2. The van der Waals surface area contributed by atoms with Crippen molar-refractivity contribution < 1.29 is 8.42 Å². The number of hydrogen-bond donors (Lipinski definition) is 2. The lowest BCUT2D eigenvalue weighted by Crippen LogP contribution is -2.23. The van der Waals surface area contributed by atoms with Gasteiger partial charge in [-0.1, -0.05) is 30.0 Å². The van der Waals surface area contributed by atoms with Gasteiger partial charge in [-0.05, 0) is 23.6 Å². The second-order valence-electron chi connectivity index (χ2n) is 3.91. The highest BCUT2D eigenvalue weighted by molar-refractivity contribution is 7.89. The van der Waals surface area contributed by atoms with Gasteiger partial charge >= 0.3 is 0 Å². The molecule has 0 atom stereocenters. The van der Waals surface area contributed by atoms with Crippen molar-refractivity contribution in [1.82, 2.24) is 4.72 Å². The van der Waals surface area contributed by atoms with Crippen LogP contribution in [-0.2, 0) is 16.6 Å². The molecule has 0 bridgehead atoms. The van der Waals surface area contributed by atoms with Crippen molar-refractivity contribution in [2.45, 2.75) is 11.4 Å². The average molecular weight is 306 g/mol. The Morgan fingerprint density at radius 1 is 1.20 bits per heavy atom. The first-order valence-electron chi connectivity index (χ1n) is 5.93. The largest absolute Gasteiger partial charge is 0.320 e. The number of rotatable bonds is 4. The third-order valence-corrected chi connectivity index (χ3v) is 4.85. The van der Waals surface area contributed by atoms with Gasteiger partial charge in [-0.15, -0.1) is 11.3 Å². The maximum Gasteiger partial charge on any atom is 0.242 e. The highest BCUT2D eigenvalue weighted by Crippen LogP contribution is 2.15. The van der Waals surface area contributed by atoms with E-state index in [2.05, 4.69) is 16.6 Å². The third-order valence-electron chi connectivity index (χ3n) is 2.52. The summed E-state index contributed by atoms with van der Waals surface area (Å²) in [7, 11) is -3.58. The van der Waals surface area contributed by atoms with Gasteiger partial charge in [0.1, 0.15) is 0 Å². The molecule has 1 aromatic heterocycles. The van der Waals surface area contributed by atoms with Crippen molar-refractivity contribution in [3.63, 3.8) is 0 Å². The summed E-state index contributed by atoms with van der Waals surface area (Å²) in [5.41, 5.74) is 5.78. The molecule has 0 unspecified atom stereocenters. The predicted molar refractivity (Wildman–Crippen MR) is 80.7 cm³/mol. The Morgan fingerprint density at radius 2 is 2.00 bits per heavy atom. The summed E-state index contributed by atoms with van der Waals surface area (Å²) in [5, 5.41) is 1.91. The molecule has 2 rings (SSSR count). The fourth-order valence-electron chi connectivity index (χ4n) is 1.61. The summed E-state index contributed by atoms with van der Waals surface area (Å²) in [6.07, 6.45) is 0. The maximum absolute atomic E-state index is 12.3. The van der Waals surface area contributed by atoms with E-state index in [1.54, 1.807) is 18.2 Å².